The molecule has 2 aliphatic rings. The van der Waals surface area contributed by atoms with Crippen LogP contribution in [0.1, 0.15) is 17.9 Å². The first-order valence-corrected chi connectivity index (χ1v) is 6.59. The zero-order chi connectivity index (χ0) is 14.3. The van der Waals surface area contributed by atoms with Crippen LogP contribution in [-0.2, 0) is 9.59 Å². The lowest BCUT2D eigenvalue weighted by Crippen LogP contribution is -2.45. The Morgan fingerprint density at radius 3 is 2.85 bits per heavy atom. The minimum atomic E-state index is -0.594. The first-order chi connectivity index (χ1) is 9.54. The van der Waals surface area contributed by atoms with Gasteiger partial charge in [0.25, 0.3) is 0 Å². The van der Waals surface area contributed by atoms with E-state index in [0.717, 1.165) is 17.0 Å². The quantitative estimate of drug-likeness (QED) is 0.817. The number of hydrazine groups is 1. The number of benzene rings is 1. The second kappa shape index (κ2) is 4.79. The lowest BCUT2D eigenvalue weighted by molar-refractivity contribution is -0.126. The third-order valence-corrected chi connectivity index (χ3v) is 3.68. The Morgan fingerprint density at radius 1 is 1.40 bits per heavy atom. The molecule has 2 N–H and O–H groups in total. The van der Waals surface area contributed by atoms with Crippen molar-refractivity contribution in [1.82, 2.24) is 15.8 Å². The minimum Gasteiger partial charge on any atom is -0.275 e. The highest BCUT2D eigenvalue weighted by molar-refractivity contribution is 6.30. The molecule has 0 bridgehead atoms. The third kappa shape index (κ3) is 2.46. The molecule has 7 heteroatoms. The summed E-state index contributed by atoms with van der Waals surface area (Å²) < 4.78 is 0. The van der Waals surface area contributed by atoms with Crippen LogP contribution in [0.3, 0.4) is 0 Å². The van der Waals surface area contributed by atoms with Crippen molar-refractivity contribution in [1.29, 1.82) is 0 Å². The van der Waals surface area contributed by atoms with E-state index >= 15 is 0 Å². The van der Waals surface area contributed by atoms with Crippen molar-refractivity contribution in [2.45, 2.75) is 12.3 Å². The van der Waals surface area contributed by atoms with Crippen LogP contribution in [0.2, 0.25) is 5.02 Å². The molecule has 2 fully saturated rings. The number of carbonyl (C=O) groups is 3. The number of nitrogens with zero attached hydrogens (tertiary/aromatic N) is 1. The van der Waals surface area contributed by atoms with E-state index in [4.69, 9.17) is 11.6 Å². The van der Waals surface area contributed by atoms with Crippen molar-refractivity contribution in [2.24, 2.45) is 5.92 Å². The predicted molar refractivity (Wildman–Crippen MR) is 70.7 cm³/mol. The van der Waals surface area contributed by atoms with Crippen molar-refractivity contribution < 1.29 is 14.4 Å². The normalized spacial score (nSPS) is 24.6. The van der Waals surface area contributed by atoms with E-state index in [-0.39, 0.29) is 24.3 Å². The van der Waals surface area contributed by atoms with Gasteiger partial charge in [-0.15, -0.1) is 0 Å². The van der Waals surface area contributed by atoms with Gasteiger partial charge in [0.2, 0.25) is 11.8 Å². The fraction of sp³-hybridized carbons (Fsp3) is 0.308. The van der Waals surface area contributed by atoms with E-state index in [1.807, 2.05) is 18.2 Å². The second-order valence-corrected chi connectivity index (χ2v) is 5.36. The lowest BCUT2D eigenvalue weighted by atomic mass is 10.1. The van der Waals surface area contributed by atoms with E-state index in [1.54, 1.807) is 6.07 Å². The van der Waals surface area contributed by atoms with E-state index in [0.29, 0.717) is 5.02 Å². The Bertz CT molecular complexity index is 604. The molecule has 0 aromatic heterocycles. The first-order valence-electron chi connectivity index (χ1n) is 6.22. The zero-order valence-electron chi connectivity index (χ0n) is 10.4. The molecule has 6 nitrogen and oxygen atoms in total. The first kappa shape index (κ1) is 12.9. The van der Waals surface area contributed by atoms with E-state index < -0.39 is 11.9 Å². The van der Waals surface area contributed by atoms with Crippen LogP contribution in [0.25, 0.3) is 0 Å². The highest BCUT2D eigenvalue weighted by Crippen LogP contribution is 2.47. The summed E-state index contributed by atoms with van der Waals surface area (Å²) in [7, 11) is 0. The number of halogens is 1. The van der Waals surface area contributed by atoms with Crippen molar-refractivity contribution >= 4 is 29.4 Å². The number of hydrogen-bond acceptors (Lipinski definition) is 3. The van der Waals surface area contributed by atoms with Crippen molar-refractivity contribution in [2.75, 3.05) is 6.54 Å². The van der Waals surface area contributed by atoms with Crippen LogP contribution in [0.15, 0.2) is 24.3 Å². The molecule has 0 radical (unpaired) electrons. The molecule has 1 aromatic carbocycles. The van der Waals surface area contributed by atoms with Crippen LogP contribution in [0.5, 0.6) is 0 Å². The summed E-state index contributed by atoms with van der Waals surface area (Å²) in [6.07, 6.45) is 0.718. The molecule has 1 saturated carbocycles. The highest BCUT2D eigenvalue weighted by atomic mass is 35.5. The molecule has 20 heavy (non-hydrogen) atoms. The van der Waals surface area contributed by atoms with Gasteiger partial charge in [0.05, 0.1) is 0 Å². The number of rotatable bonds is 3. The van der Waals surface area contributed by atoms with Gasteiger partial charge in [-0.05, 0) is 30.0 Å². The number of hydrogen-bond donors (Lipinski definition) is 2. The van der Waals surface area contributed by atoms with E-state index in [2.05, 4.69) is 10.7 Å². The average Bonchev–Trinajstić information content (AvgIpc) is 3.12. The summed E-state index contributed by atoms with van der Waals surface area (Å²) in [6, 6.07) is 6.80. The summed E-state index contributed by atoms with van der Waals surface area (Å²) in [5, 5.41) is 3.73. The number of imide groups is 1. The van der Waals surface area contributed by atoms with Gasteiger partial charge in [-0.3, -0.25) is 20.3 Å². The average molecular weight is 294 g/mol. The number of carbonyl (C=O) groups excluding carboxylic acids is 3. The molecule has 3 rings (SSSR count). The summed E-state index contributed by atoms with van der Waals surface area (Å²) in [5.74, 6) is -0.732. The third-order valence-electron chi connectivity index (χ3n) is 3.44. The van der Waals surface area contributed by atoms with Gasteiger partial charge in [-0.1, -0.05) is 23.7 Å². The molecular formula is C13H12ClN3O3. The molecule has 0 spiro atoms. The smallest absolute Gasteiger partial charge is 0.275 e. The van der Waals surface area contributed by atoms with Gasteiger partial charge in [0, 0.05) is 10.9 Å². The van der Waals surface area contributed by atoms with Crippen molar-refractivity contribution in [3.8, 4) is 0 Å². The van der Waals surface area contributed by atoms with Gasteiger partial charge in [-0.25, -0.2) is 9.80 Å². The lowest BCUT2D eigenvalue weighted by Gasteiger charge is -2.14. The zero-order valence-corrected chi connectivity index (χ0v) is 11.2. The maximum absolute atomic E-state index is 12.0. The molecule has 104 valence electrons. The largest absolute Gasteiger partial charge is 0.343 e. The Hall–Kier alpha value is -2.08. The van der Waals surface area contributed by atoms with Gasteiger partial charge < -0.3 is 0 Å². The summed E-state index contributed by atoms with van der Waals surface area (Å²) in [5.41, 5.74) is 3.48. The monoisotopic (exact) mass is 293 g/mol. The number of nitrogens with one attached hydrogen (secondary N) is 2. The maximum Gasteiger partial charge on any atom is 0.343 e. The van der Waals surface area contributed by atoms with Crippen molar-refractivity contribution in [3.05, 3.63) is 34.9 Å². The molecule has 1 aliphatic heterocycles. The Kier molecular flexibility index (Phi) is 3.10. The topological polar surface area (TPSA) is 78.5 Å². The number of amides is 4. The van der Waals surface area contributed by atoms with Crippen LogP contribution >= 0.6 is 11.6 Å². The molecule has 2 atom stereocenters. The SMILES string of the molecule is O=C1CN(NC(=O)[C@@H]2C[C@H]2c2cccc(Cl)c2)C(=O)N1. The van der Waals surface area contributed by atoms with E-state index in [9.17, 15) is 14.4 Å². The van der Waals surface area contributed by atoms with Crippen LogP contribution in [0, 0.1) is 5.92 Å². The van der Waals surface area contributed by atoms with Gasteiger partial charge in [0.15, 0.2) is 0 Å². The molecule has 1 aromatic rings. The van der Waals surface area contributed by atoms with Gasteiger partial charge in [-0.2, -0.15) is 0 Å². The maximum atomic E-state index is 12.0. The predicted octanol–water partition coefficient (Wildman–Crippen LogP) is 1.03. The number of urea groups is 1. The molecule has 4 amide bonds. The molecule has 1 heterocycles. The standard InChI is InChI=1S/C13H12ClN3O3/c14-8-3-1-2-7(4-8)9-5-10(9)12(19)16-17-6-11(18)15-13(17)20/h1-4,9-10H,5-6H2,(H,16,19)(H,15,18,20)/t9-,10+/m0/s1. The fourth-order valence-corrected chi connectivity index (χ4v) is 2.54. The van der Waals surface area contributed by atoms with E-state index in [1.165, 1.54) is 0 Å². The fourth-order valence-electron chi connectivity index (χ4n) is 2.34. The summed E-state index contributed by atoms with van der Waals surface area (Å²) in [6.45, 7) is -0.140. The Morgan fingerprint density at radius 2 is 2.20 bits per heavy atom. The Labute approximate surface area is 120 Å². The molecule has 0 unspecified atom stereocenters. The van der Waals surface area contributed by atoms with Crippen LogP contribution < -0.4 is 10.7 Å². The van der Waals surface area contributed by atoms with Crippen LogP contribution in [0.4, 0.5) is 4.79 Å². The molecule has 1 aliphatic carbocycles. The second-order valence-electron chi connectivity index (χ2n) is 4.92. The highest BCUT2D eigenvalue weighted by Gasteiger charge is 2.45. The van der Waals surface area contributed by atoms with Crippen LogP contribution in [-0.4, -0.2) is 29.4 Å². The van der Waals surface area contributed by atoms with Gasteiger partial charge >= 0.3 is 6.03 Å². The summed E-state index contributed by atoms with van der Waals surface area (Å²) >= 11 is 5.92. The molecule has 1 saturated heterocycles. The van der Waals surface area contributed by atoms with Gasteiger partial charge in [0.1, 0.15) is 6.54 Å². The summed E-state index contributed by atoms with van der Waals surface area (Å²) in [4.78, 5) is 34.3. The van der Waals surface area contributed by atoms with Crippen molar-refractivity contribution in [3.63, 3.8) is 0 Å². The Balaban J connectivity index is 1.60. The minimum absolute atomic E-state index is 0.120. The molecular weight excluding hydrogens is 282 g/mol.